The Kier molecular flexibility index (Phi) is 7.53. The monoisotopic (exact) mass is 355 g/mol. The van der Waals surface area contributed by atoms with Crippen molar-refractivity contribution in [2.45, 2.75) is 31.1 Å². The summed E-state index contributed by atoms with van der Waals surface area (Å²) in [6, 6.07) is 7.84. The molecule has 0 aromatic heterocycles. The van der Waals surface area contributed by atoms with Gasteiger partial charge < -0.3 is 15.4 Å². The number of ether oxygens (including phenoxy) is 1. The maximum atomic E-state index is 6.20. The Hall–Kier alpha value is -0.910. The van der Waals surface area contributed by atoms with Crippen LogP contribution in [0.5, 0.6) is 0 Å². The smallest absolute Gasteiger partial charge is 0.191 e. The topological polar surface area (TPSA) is 45.7 Å². The molecule has 0 unspecified atom stereocenters. The maximum absolute atomic E-state index is 6.20. The van der Waals surface area contributed by atoms with Gasteiger partial charge in [0.15, 0.2) is 5.96 Å². The molecule has 0 atom stereocenters. The van der Waals surface area contributed by atoms with Gasteiger partial charge in [0.1, 0.15) is 0 Å². The summed E-state index contributed by atoms with van der Waals surface area (Å²) in [4.78, 5) is 4.66. The van der Waals surface area contributed by atoms with Gasteiger partial charge >= 0.3 is 0 Å². The van der Waals surface area contributed by atoms with Gasteiger partial charge in [0.05, 0.1) is 6.54 Å². The van der Waals surface area contributed by atoms with Crippen LogP contribution in [0.3, 0.4) is 0 Å². The first-order valence-electron chi connectivity index (χ1n) is 8.07. The average molecular weight is 356 g/mol. The highest BCUT2D eigenvalue weighted by atomic mass is 35.5. The van der Waals surface area contributed by atoms with E-state index in [0.717, 1.165) is 55.7 Å². The predicted molar refractivity (Wildman–Crippen MR) is 101 cm³/mol. The molecule has 23 heavy (non-hydrogen) atoms. The van der Waals surface area contributed by atoms with Crippen LogP contribution >= 0.6 is 23.4 Å². The van der Waals surface area contributed by atoms with Crippen molar-refractivity contribution in [2.75, 3.05) is 32.6 Å². The Labute approximate surface area is 148 Å². The summed E-state index contributed by atoms with van der Waals surface area (Å²) in [7, 11) is 0. The van der Waals surface area contributed by atoms with Crippen LogP contribution in [0.1, 0.15) is 25.3 Å². The molecule has 0 saturated carbocycles. The largest absolute Gasteiger partial charge is 0.381 e. The van der Waals surface area contributed by atoms with Crippen molar-refractivity contribution in [1.82, 2.24) is 10.6 Å². The molecule has 1 aromatic carbocycles. The average Bonchev–Trinajstić information content (AvgIpc) is 2.59. The summed E-state index contributed by atoms with van der Waals surface area (Å²) in [6.45, 7) is 6.07. The van der Waals surface area contributed by atoms with Crippen LogP contribution in [-0.4, -0.2) is 43.3 Å². The van der Waals surface area contributed by atoms with Gasteiger partial charge in [0.2, 0.25) is 0 Å². The first-order chi connectivity index (χ1) is 11.2. The van der Waals surface area contributed by atoms with Crippen LogP contribution < -0.4 is 10.6 Å². The zero-order chi connectivity index (χ0) is 16.5. The van der Waals surface area contributed by atoms with E-state index in [4.69, 9.17) is 16.3 Å². The molecule has 0 aliphatic carbocycles. The Morgan fingerprint density at radius 2 is 2.04 bits per heavy atom. The zero-order valence-electron chi connectivity index (χ0n) is 13.9. The van der Waals surface area contributed by atoms with Crippen LogP contribution in [-0.2, 0) is 11.3 Å². The Balaban J connectivity index is 1.97. The van der Waals surface area contributed by atoms with Gasteiger partial charge in [0, 0.05) is 36.1 Å². The molecule has 2 N–H and O–H groups in total. The number of nitrogens with zero attached hydrogens (tertiary/aromatic N) is 1. The number of thioether (sulfide) groups is 1. The number of benzene rings is 1. The van der Waals surface area contributed by atoms with Gasteiger partial charge in [-0.25, -0.2) is 4.99 Å². The molecule has 0 spiro atoms. The van der Waals surface area contributed by atoms with Crippen LogP contribution in [0.15, 0.2) is 29.3 Å². The van der Waals surface area contributed by atoms with E-state index >= 15 is 0 Å². The second-order valence-corrected chi connectivity index (χ2v) is 7.32. The van der Waals surface area contributed by atoms with Crippen LogP contribution in [0.4, 0.5) is 0 Å². The highest BCUT2D eigenvalue weighted by molar-refractivity contribution is 8.00. The van der Waals surface area contributed by atoms with Crippen molar-refractivity contribution in [2.24, 2.45) is 4.99 Å². The number of nitrogens with one attached hydrogen (secondary N) is 2. The summed E-state index contributed by atoms with van der Waals surface area (Å²) in [5, 5.41) is 7.56. The number of rotatable bonds is 6. The van der Waals surface area contributed by atoms with Crippen LogP contribution in [0.2, 0.25) is 5.02 Å². The number of aliphatic imine (C=N–C) groups is 1. The fourth-order valence-electron chi connectivity index (χ4n) is 2.57. The molecule has 0 radical (unpaired) electrons. The van der Waals surface area contributed by atoms with Gasteiger partial charge in [0.25, 0.3) is 0 Å². The Bertz CT molecular complexity index is 518. The van der Waals surface area contributed by atoms with E-state index in [2.05, 4.69) is 28.8 Å². The minimum atomic E-state index is 0.235. The molecule has 1 aromatic rings. The maximum Gasteiger partial charge on any atom is 0.191 e. The number of guanidine groups is 1. The van der Waals surface area contributed by atoms with Crippen LogP contribution in [0, 0.1) is 0 Å². The quantitative estimate of drug-likeness (QED) is 0.607. The summed E-state index contributed by atoms with van der Waals surface area (Å²) in [5.41, 5.74) is 1.04. The normalized spacial score (nSPS) is 17.8. The molecule has 1 heterocycles. The molecule has 1 aliphatic rings. The zero-order valence-corrected chi connectivity index (χ0v) is 15.5. The van der Waals surface area contributed by atoms with Crippen LogP contribution in [0.25, 0.3) is 0 Å². The number of halogens is 1. The summed E-state index contributed by atoms with van der Waals surface area (Å²) >= 11 is 8.12. The van der Waals surface area contributed by atoms with Crippen molar-refractivity contribution >= 4 is 29.3 Å². The molecule has 1 fully saturated rings. The minimum absolute atomic E-state index is 0.235. The van der Waals surface area contributed by atoms with Gasteiger partial charge in [-0.3, -0.25) is 0 Å². The third-order valence-corrected chi connectivity index (χ3v) is 5.91. The van der Waals surface area contributed by atoms with Crippen molar-refractivity contribution in [3.8, 4) is 0 Å². The van der Waals surface area contributed by atoms with E-state index < -0.39 is 0 Å². The second-order valence-electron chi connectivity index (χ2n) is 5.64. The van der Waals surface area contributed by atoms with Gasteiger partial charge in [-0.15, -0.1) is 0 Å². The second kappa shape index (κ2) is 9.40. The highest BCUT2D eigenvalue weighted by Crippen LogP contribution is 2.32. The molecule has 2 rings (SSSR count). The first kappa shape index (κ1) is 18.4. The molecule has 0 bridgehead atoms. The third kappa shape index (κ3) is 5.59. The number of hydrogen-bond acceptors (Lipinski definition) is 3. The van der Waals surface area contributed by atoms with Gasteiger partial charge in [-0.2, -0.15) is 11.8 Å². The molecule has 1 aliphatic heterocycles. The Morgan fingerprint density at radius 1 is 1.30 bits per heavy atom. The fourth-order valence-corrected chi connectivity index (χ4v) is 3.56. The first-order valence-corrected chi connectivity index (χ1v) is 9.68. The number of hydrogen-bond donors (Lipinski definition) is 2. The van der Waals surface area contributed by atoms with Crippen molar-refractivity contribution in [3.63, 3.8) is 0 Å². The molecule has 128 valence electrons. The van der Waals surface area contributed by atoms with Crippen molar-refractivity contribution in [3.05, 3.63) is 34.9 Å². The fraction of sp³-hybridized carbons (Fsp3) is 0.588. The summed E-state index contributed by atoms with van der Waals surface area (Å²) < 4.78 is 5.73. The lowest BCUT2D eigenvalue weighted by Crippen LogP contribution is -2.47. The van der Waals surface area contributed by atoms with E-state index in [1.165, 1.54) is 0 Å². The summed E-state index contributed by atoms with van der Waals surface area (Å²) in [5.74, 6) is 0.840. The molecule has 1 saturated heterocycles. The minimum Gasteiger partial charge on any atom is -0.381 e. The lowest BCUT2D eigenvalue weighted by atomic mass is 9.99. The van der Waals surface area contributed by atoms with E-state index in [1.807, 2.05) is 36.0 Å². The molecular formula is C17H26ClN3OS. The summed E-state index contributed by atoms with van der Waals surface area (Å²) in [6.07, 6.45) is 4.33. The van der Waals surface area contributed by atoms with E-state index in [9.17, 15) is 0 Å². The standard InChI is InChI=1S/C17H26ClN3OS/c1-3-19-16(20-12-14-6-4-5-7-15(14)18)21-13-17(23-2)8-10-22-11-9-17/h4-7H,3,8-13H2,1-2H3,(H2,19,20,21). The van der Waals surface area contributed by atoms with Crippen molar-refractivity contribution in [1.29, 1.82) is 0 Å². The van der Waals surface area contributed by atoms with E-state index in [0.29, 0.717) is 6.54 Å². The highest BCUT2D eigenvalue weighted by Gasteiger charge is 2.31. The molecule has 6 heteroatoms. The van der Waals surface area contributed by atoms with E-state index in [-0.39, 0.29) is 4.75 Å². The van der Waals surface area contributed by atoms with Gasteiger partial charge in [-0.05, 0) is 37.7 Å². The lowest BCUT2D eigenvalue weighted by Gasteiger charge is -2.36. The lowest BCUT2D eigenvalue weighted by molar-refractivity contribution is 0.0783. The molecule has 0 amide bonds. The third-order valence-electron chi connectivity index (χ3n) is 4.12. The Morgan fingerprint density at radius 3 is 2.70 bits per heavy atom. The predicted octanol–water partition coefficient (Wildman–Crippen LogP) is 3.31. The SMILES string of the molecule is CCNC(=NCc1ccccc1Cl)NCC1(SC)CCOCC1. The molecular weight excluding hydrogens is 330 g/mol. The van der Waals surface area contributed by atoms with Crippen molar-refractivity contribution < 1.29 is 4.74 Å². The van der Waals surface area contributed by atoms with E-state index in [1.54, 1.807) is 0 Å². The molecule has 4 nitrogen and oxygen atoms in total. The van der Waals surface area contributed by atoms with Gasteiger partial charge in [-0.1, -0.05) is 29.8 Å².